The summed E-state index contributed by atoms with van der Waals surface area (Å²) in [5.41, 5.74) is 10.1. The molecule has 1 heterocycles. The Labute approximate surface area is 265 Å². The number of anilines is 1. The first-order valence-corrected chi connectivity index (χ1v) is 14.5. The average Bonchev–Trinajstić information content (AvgIpc) is 3.03. The SMILES string of the molecule is C.C=C(CCN(C=O)C(Cc1ccc(NC(=O)c2cnccn2)cc1C)c1cccc2ccccc12)N(CCNC)CC(N)=O. The molecule has 1 unspecified atom stereocenters. The van der Waals surface area contributed by atoms with Gasteiger partial charge in [-0.25, -0.2) is 4.98 Å². The number of primary amides is 1. The molecular formula is C35H43N7O3. The number of nitrogens with two attached hydrogens (primary N) is 1. The molecule has 4 N–H and O–H groups in total. The summed E-state index contributed by atoms with van der Waals surface area (Å²) in [5, 5.41) is 8.12. The van der Waals surface area contributed by atoms with Gasteiger partial charge < -0.3 is 26.2 Å². The van der Waals surface area contributed by atoms with E-state index in [0.717, 1.165) is 39.6 Å². The minimum Gasteiger partial charge on any atom is -0.368 e. The van der Waals surface area contributed by atoms with Crippen molar-refractivity contribution in [3.8, 4) is 0 Å². The highest BCUT2D eigenvalue weighted by Crippen LogP contribution is 2.32. The van der Waals surface area contributed by atoms with Gasteiger partial charge in [0.2, 0.25) is 12.3 Å². The molecule has 0 saturated heterocycles. The first kappa shape index (κ1) is 34.4. The first-order valence-electron chi connectivity index (χ1n) is 14.5. The van der Waals surface area contributed by atoms with Crippen molar-refractivity contribution in [3.05, 3.63) is 114 Å². The van der Waals surface area contributed by atoms with Crippen molar-refractivity contribution < 1.29 is 14.4 Å². The Bertz CT molecular complexity index is 1600. The smallest absolute Gasteiger partial charge is 0.275 e. The molecule has 236 valence electrons. The van der Waals surface area contributed by atoms with Crippen molar-refractivity contribution in [3.63, 3.8) is 0 Å². The van der Waals surface area contributed by atoms with Crippen LogP contribution < -0.4 is 16.4 Å². The number of aromatic nitrogens is 2. The number of rotatable bonds is 16. The Hall–Kier alpha value is -5.09. The van der Waals surface area contributed by atoms with Crippen LogP contribution in [0.5, 0.6) is 0 Å². The molecular weight excluding hydrogens is 566 g/mol. The largest absolute Gasteiger partial charge is 0.368 e. The van der Waals surface area contributed by atoms with Gasteiger partial charge in [-0.15, -0.1) is 0 Å². The molecule has 0 radical (unpaired) electrons. The van der Waals surface area contributed by atoms with Gasteiger partial charge in [0.05, 0.1) is 18.8 Å². The number of carbonyl (C=O) groups excluding carboxylic acids is 3. The van der Waals surface area contributed by atoms with Gasteiger partial charge in [-0.05, 0) is 60.0 Å². The van der Waals surface area contributed by atoms with Gasteiger partial charge in [-0.1, -0.05) is 62.5 Å². The molecule has 10 nitrogen and oxygen atoms in total. The molecule has 0 spiro atoms. The van der Waals surface area contributed by atoms with E-state index in [9.17, 15) is 14.4 Å². The molecule has 4 aromatic rings. The first-order chi connectivity index (χ1) is 21.3. The fraction of sp³-hybridized carbons (Fsp3) is 0.286. The van der Waals surface area contributed by atoms with E-state index in [2.05, 4.69) is 51.4 Å². The summed E-state index contributed by atoms with van der Waals surface area (Å²) in [5.74, 6) is -0.777. The van der Waals surface area contributed by atoms with E-state index in [1.165, 1.54) is 18.6 Å². The third-order valence-corrected chi connectivity index (χ3v) is 7.61. The number of likely N-dealkylation sites (N-methyl/N-ethyl adjacent to an activating group) is 1. The minimum atomic E-state index is -0.435. The van der Waals surface area contributed by atoms with E-state index in [1.54, 1.807) is 4.90 Å². The highest BCUT2D eigenvalue weighted by atomic mass is 16.2. The lowest BCUT2D eigenvalue weighted by atomic mass is 9.91. The van der Waals surface area contributed by atoms with E-state index in [-0.39, 0.29) is 31.6 Å². The molecule has 3 aromatic carbocycles. The molecule has 1 atom stereocenters. The van der Waals surface area contributed by atoms with Crippen LogP contribution >= 0.6 is 0 Å². The number of hydrogen-bond donors (Lipinski definition) is 3. The number of aryl methyl sites for hydroxylation is 1. The van der Waals surface area contributed by atoms with Crippen molar-refractivity contribution in [2.45, 2.75) is 33.2 Å². The Morgan fingerprint density at radius 1 is 1.07 bits per heavy atom. The second-order valence-corrected chi connectivity index (χ2v) is 10.6. The van der Waals surface area contributed by atoms with Gasteiger partial charge in [-0.2, -0.15) is 0 Å². The molecule has 0 aliphatic carbocycles. The molecule has 10 heteroatoms. The summed E-state index contributed by atoms with van der Waals surface area (Å²) in [6.07, 6.45) is 6.32. The number of hydrogen-bond acceptors (Lipinski definition) is 7. The number of nitrogens with zero attached hydrogens (tertiary/aromatic N) is 4. The maximum absolute atomic E-state index is 12.7. The second kappa shape index (κ2) is 16.7. The van der Waals surface area contributed by atoms with Gasteiger partial charge in [0, 0.05) is 49.8 Å². The van der Waals surface area contributed by atoms with Crippen LogP contribution in [0.4, 0.5) is 5.69 Å². The number of amides is 3. The summed E-state index contributed by atoms with van der Waals surface area (Å²) >= 11 is 0. The van der Waals surface area contributed by atoms with Gasteiger partial charge in [0.25, 0.3) is 5.91 Å². The number of benzene rings is 3. The van der Waals surface area contributed by atoms with Gasteiger partial charge in [0.1, 0.15) is 5.69 Å². The average molecular weight is 610 g/mol. The van der Waals surface area contributed by atoms with Gasteiger partial charge in [0.15, 0.2) is 0 Å². The fourth-order valence-corrected chi connectivity index (χ4v) is 5.25. The summed E-state index contributed by atoms with van der Waals surface area (Å²) in [6, 6.07) is 19.7. The quantitative estimate of drug-likeness (QED) is 0.160. The van der Waals surface area contributed by atoms with Crippen LogP contribution in [-0.2, 0) is 16.0 Å². The molecule has 1 aromatic heterocycles. The standard InChI is InChI=1S/C34H39N7O3.CH4/c1-24-19-28(39-34(44)31-21-37-14-15-38-31)12-11-27(24)20-32(30-10-6-8-26-7-4-5-9-29(26)30)41(23-42)17-13-25(2)40(18-16-36-3)22-33(35)43;/h4-12,14-15,19,21,23,32,36H,2,13,16-18,20,22H2,1,3H3,(H2,35,43)(H,39,44);1H4. The normalized spacial score (nSPS) is 11.2. The highest BCUT2D eigenvalue weighted by molar-refractivity contribution is 6.02. The van der Waals surface area contributed by atoms with Crippen molar-refractivity contribution in [1.82, 2.24) is 25.1 Å². The zero-order valence-corrected chi connectivity index (χ0v) is 25.2. The monoisotopic (exact) mass is 609 g/mol. The third kappa shape index (κ3) is 9.20. The number of nitrogens with one attached hydrogen (secondary N) is 2. The van der Waals surface area contributed by atoms with Crippen molar-refractivity contribution in [2.75, 3.05) is 38.5 Å². The molecule has 4 rings (SSSR count). The molecule has 0 saturated carbocycles. The number of carbonyl (C=O) groups is 3. The summed E-state index contributed by atoms with van der Waals surface area (Å²) < 4.78 is 0. The van der Waals surface area contributed by atoms with Crippen molar-refractivity contribution in [1.29, 1.82) is 0 Å². The van der Waals surface area contributed by atoms with E-state index in [4.69, 9.17) is 5.73 Å². The Kier molecular flexibility index (Phi) is 12.7. The predicted octanol–water partition coefficient (Wildman–Crippen LogP) is 4.48. The lowest BCUT2D eigenvalue weighted by Gasteiger charge is -2.32. The minimum absolute atomic E-state index is 0. The highest BCUT2D eigenvalue weighted by Gasteiger charge is 2.23. The second-order valence-electron chi connectivity index (χ2n) is 10.6. The molecule has 0 aliphatic heterocycles. The summed E-state index contributed by atoms with van der Waals surface area (Å²) in [7, 11) is 1.84. The molecule has 0 bridgehead atoms. The van der Waals surface area contributed by atoms with Crippen LogP contribution in [0.1, 0.15) is 47.1 Å². The Morgan fingerprint density at radius 2 is 1.84 bits per heavy atom. The molecule has 3 amide bonds. The molecule has 0 fully saturated rings. The van der Waals surface area contributed by atoms with Gasteiger partial charge in [-0.3, -0.25) is 19.4 Å². The Morgan fingerprint density at radius 3 is 2.53 bits per heavy atom. The zero-order valence-electron chi connectivity index (χ0n) is 25.2. The van der Waals surface area contributed by atoms with Crippen LogP contribution in [0.2, 0.25) is 0 Å². The zero-order chi connectivity index (χ0) is 31.5. The predicted molar refractivity (Wildman–Crippen MR) is 180 cm³/mol. The van der Waals surface area contributed by atoms with Crippen LogP contribution in [0.25, 0.3) is 10.8 Å². The van der Waals surface area contributed by atoms with Crippen molar-refractivity contribution in [2.24, 2.45) is 5.73 Å². The third-order valence-electron chi connectivity index (χ3n) is 7.61. The number of fused-ring (bicyclic) bond motifs is 1. The van der Waals surface area contributed by atoms with Crippen LogP contribution in [0, 0.1) is 6.92 Å². The maximum Gasteiger partial charge on any atom is 0.275 e. The Balaban J connectivity index is 0.00000552. The van der Waals surface area contributed by atoms with Crippen molar-refractivity contribution >= 4 is 34.7 Å². The van der Waals surface area contributed by atoms with Crippen LogP contribution in [0.3, 0.4) is 0 Å². The lowest BCUT2D eigenvalue weighted by molar-refractivity contribution is -0.121. The van der Waals surface area contributed by atoms with E-state index < -0.39 is 5.91 Å². The molecule has 0 aliphatic rings. The molecule has 45 heavy (non-hydrogen) atoms. The topological polar surface area (TPSA) is 134 Å². The van der Waals surface area contributed by atoms with Crippen LogP contribution in [-0.4, -0.2) is 71.2 Å². The van der Waals surface area contributed by atoms with Gasteiger partial charge >= 0.3 is 0 Å². The fourth-order valence-electron chi connectivity index (χ4n) is 5.25. The lowest BCUT2D eigenvalue weighted by Crippen LogP contribution is -2.38. The van der Waals surface area contributed by atoms with E-state index in [0.29, 0.717) is 38.2 Å². The van der Waals surface area contributed by atoms with E-state index in [1.807, 2.05) is 55.3 Å². The summed E-state index contributed by atoms with van der Waals surface area (Å²) in [6.45, 7) is 7.90. The maximum atomic E-state index is 12.7. The summed E-state index contributed by atoms with van der Waals surface area (Å²) in [4.78, 5) is 48.7. The van der Waals surface area contributed by atoms with E-state index >= 15 is 0 Å². The van der Waals surface area contributed by atoms with Crippen LogP contribution in [0.15, 0.2) is 91.5 Å².